The molecule has 0 saturated carbocycles. The summed E-state index contributed by atoms with van der Waals surface area (Å²) >= 11 is 1.30. The van der Waals surface area contributed by atoms with Gasteiger partial charge in [0.25, 0.3) is 0 Å². The van der Waals surface area contributed by atoms with Gasteiger partial charge in [-0.2, -0.15) is 102 Å². The molecule has 3 heteroatoms. The van der Waals surface area contributed by atoms with Crippen molar-refractivity contribution < 1.29 is 24.2 Å². The van der Waals surface area contributed by atoms with E-state index in [4.69, 9.17) is 0 Å². The van der Waals surface area contributed by atoms with Crippen LogP contribution < -0.4 is 0 Å². The van der Waals surface area contributed by atoms with E-state index >= 15 is 0 Å². The summed E-state index contributed by atoms with van der Waals surface area (Å²) in [4.78, 5) is 0. The number of benzene rings is 4. The summed E-state index contributed by atoms with van der Waals surface area (Å²) in [5, 5.41) is 0. The third-order valence-electron chi connectivity index (χ3n) is 5.45. The molecule has 0 radical (unpaired) electrons. The fourth-order valence-electron chi connectivity index (χ4n) is 3.65. The molecule has 0 aliphatic heterocycles. The predicted octanol–water partition coefficient (Wildman–Crippen LogP) is 9.38. The Labute approximate surface area is 258 Å². The molecule has 4 aromatic carbocycles. The Morgan fingerprint density at radius 2 is 1.24 bits per heavy atom. The Balaban J connectivity index is 0.000000507. The molecule has 198 valence electrons. The molecule has 0 bridgehead atoms. The van der Waals surface area contributed by atoms with Crippen molar-refractivity contribution in [1.29, 1.82) is 0 Å². The number of fused-ring (bicyclic) bond motifs is 3. The summed E-state index contributed by atoms with van der Waals surface area (Å²) in [7, 11) is 0. The summed E-state index contributed by atoms with van der Waals surface area (Å²) in [6, 6.07) is 36.2. The number of hydrogen-bond donors (Lipinski definition) is 0. The van der Waals surface area contributed by atoms with Crippen molar-refractivity contribution in [2.75, 3.05) is 0 Å². The Morgan fingerprint density at radius 3 is 1.66 bits per heavy atom. The maximum absolute atomic E-state index is 3.45. The molecule has 0 amide bonds. The number of allylic oxidation sites excluding steroid dienone is 4. The summed E-state index contributed by atoms with van der Waals surface area (Å²) in [6.07, 6.45) is 11.0. The molecule has 0 atom stereocenters. The van der Waals surface area contributed by atoms with Gasteiger partial charge in [0, 0.05) is 0 Å². The molecular weight excluding hydrogens is 583 g/mol. The molecule has 2 aliphatic rings. The average molecular weight is 619 g/mol. The molecule has 0 saturated heterocycles. The van der Waals surface area contributed by atoms with E-state index in [-0.39, 0.29) is 24.8 Å². The van der Waals surface area contributed by atoms with Crippen molar-refractivity contribution in [3.05, 3.63) is 155 Å². The maximum atomic E-state index is 3.45. The molecule has 0 N–H and O–H groups in total. The summed E-state index contributed by atoms with van der Waals surface area (Å²) in [5.74, 6) is 0. The van der Waals surface area contributed by atoms with E-state index < -0.39 is 0 Å². The van der Waals surface area contributed by atoms with Crippen molar-refractivity contribution in [2.24, 2.45) is 0 Å². The van der Waals surface area contributed by atoms with Gasteiger partial charge < -0.3 is 0 Å². The van der Waals surface area contributed by atoms with Gasteiger partial charge in [0.1, 0.15) is 0 Å². The molecule has 0 heterocycles. The second-order valence-electron chi connectivity index (χ2n) is 8.53. The van der Waals surface area contributed by atoms with Crippen LogP contribution in [-0.4, -0.2) is 4.21 Å². The molecular formula is C35H36Cl2Zr-4. The standard InChI is InChI=1S/C15H13.2C7H7.C5H5.CH2.2ClH.Zr/c1-10-3-5-14-12(7-10)9-13-8-11(2)4-6-15(13)14;2*1-7-5-3-2-4-6-7;1-2-4-5-3-1;;;;/h3-7H,9H2,1-2H3;2*3-6H,1H3;1-3H,4H2;1H2;2*1H;/q4*-1;;;;. The van der Waals surface area contributed by atoms with Crippen LogP contribution in [0.2, 0.25) is 0 Å². The fourth-order valence-corrected chi connectivity index (χ4v) is 3.65. The van der Waals surface area contributed by atoms with Crippen molar-refractivity contribution in [2.45, 2.75) is 40.5 Å². The van der Waals surface area contributed by atoms with Crippen molar-refractivity contribution in [3.63, 3.8) is 0 Å². The normalized spacial score (nSPS) is 10.5. The third-order valence-corrected chi connectivity index (χ3v) is 5.45. The molecule has 2 aliphatic carbocycles. The van der Waals surface area contributed by atoms with Gasteiger partial charge >= 0.3 is 28.4 Å². The quantitative estimate of drug-likeness (QED) is 0.152. The SMILES string of the molecule is Cc1[c-]c2c(cc1)-c1ccc(C)cc1C2.Cc1cc[c-]cc1.Cc1cc[c-]cc1.Cl.Cl.[C-]1=CC=CC1.[CH2]=[Zr]. The average Bonchev–Trinajstić information content (AvgIpc) is 3.58. The van der Waals surface area contributed by atoms with Crippen molar-refractivity contribution in [1.82, 2.24) is 0 Å². The molecule has 0 unspecified atom stereocenters. The Kier molecular flexibility index (Phi) is 19.4. The fraction of sp³-hybridized carbons (Fsp3) is 0.171. The first-order valence-corrected chi connectivity index (χ1v) is 13.8. The van der Waals surface area contributed by atoms with Crippen LogP contribution in [0.4, 0.5) is 0 Å². The first-order chi connectivity index (χ1) is 17.5. The summed E-state index contributed by atoms with van der Waals surface area (Å²) in [5.41, 5.74) is 10.7. The van der Waals surface area contributed by atoms with E-state index in [0.717, 1.165) is 12.8 Å². The zero-order valence-corrected chi connectivity index (χ0v) is 26.8. The van der Waals surface area contributed by atoms with Crippen LogP contribution in [0.3, 0.4) is 0 Å². The van der Waals surface area contributed by atoms with Crippen LogP contribution >= 0.6 is 24.8 Å². The third kappa shape index (κ3) is 13.0. The molecule has 38 heavy (non-hydrogen) atoms. The monoisotopic (exact) mass is 616 g/mol. The number of aryl methyl sites for hydroxylation is 4. The first-order valence-electron chi connectivity index (χ1n) is 12.1. The molecule has 4 aromatic rings. The summed E-state index contributed by atoms with van der Waals surface area (Å²) in [6.45, 7) is 8.38. The minimum absolute atomic E-state index is 0. The minimum atomic E-state index is 0. The zero-order chi connectivity index (χ0) is 26.2. The molecule has 0 spiro atoms. The summed E-state index contributed by atoms with van der Waals surface area (Å²) < 4.78 is 3.34. The van der Waals surface area contributed by atoms with Crippen LogP contribution in [0.1, 0.15) is 39.8 Å². The van der Waals surface area contributed by atoms with Gasteiger partial charge in [0.15, 0.2) is 0 Å². The van der Waals surface area contributed by atoms with Gasteiger partial charge in [-0.1, -0.05) is 50.1 Å². The molecule has 0 nitrogen and oxygen atoms in total. The van der Waals surface area contributed by atoms with E-state index in [1.54, 1.807) is 0 Å². The first kappa shape index (κ1) is 35.7. The molecule has 0 fully saturated rings. The number of rotatable bonds is 0. The predicted molar refractivity (Wildman–Crippen MR) is 166 cm³/mol. The Morgan fingerprint density at radius 1 is 0.684 bits per heavy atom. The Hall–Kier alpha value is -2.31. The van der Waals surface area contributed by atoms with Gasteiger partial charge in [0.05, 0.1) is 0 Å². The number of halogens is 2. The second kappa shape index (κ2) is 20.6. The van der Waals surface area contributed by atoms with Gasteiger partial charge in [-0.05, 0) is 18.9 Å². The van der Waals surface area contributed by atoms with E-state index in [0.29, 0.717) is 0 Å². The second-order valence-corrected chi connectivity index (χ2v) is 8.53. The van der Waals surface area contributed by atoms with Gasteiger partial charge in [0.2, 0.25) is 0 Å². The topological polar surface area (TPSA) is 0 Å². The van der Waals surface area contributed by atoms with Gasteiger partial charge in [-0.3, -0.25) is 6.08 Å². The zero-order valence-electron chi connectivity index (χ0n) is 22.7. The molecule has 6 rings (SSSR count). The van der Waals surface area contributed by atoms with Crippen LogP contribution in [0.25, 0.3) is 11.1 Å². The Bertz CT molecular complexity index is 1150. The van der Waals surface area contributed by atoms with Crippen LogP contribution in [0.5, 0.6) is 0 Å². The number of hydrogen-bond acceptors (Lipinski definition) is 0. The van der Waals surface area contributed by atoms with Crippen LogP contribution in [0, 0.1) is 52.0 Å². The van der Waals surface area contributed by atoms with E-state index in [1.165, 1.54) is 68.7 Å². The van der Waals surface area contributed by atoms with E-state index in [1.807, 2.05) is 60.7 Å². The van der Waals surface area contributed by atoms with Gasteiger partial charge in [-0.25, -0.2) is 12.2 Å². The molecule has 0 aromatic heterocycles. The van der Waals surface area contributed by atoms with Crippen LogP contribution in [-0.2, 0) is 30.7 Å². The van der Waals surface area contributed by atoms with Crippen molar-refractivity contribution >= 4 is 29.0 Å². The van der Waals surface area contributed by atoms with E-state index in [2.05, 4.69) is 92.6 Å². The van der Waals surface area contributed by atoms with Crippen molar-refractivity contribution in [3.8, 4) is 11.1 Å². The van der Waals surface area contributed by atoms with Crippen LogP contribution in [0.15, 0.2) is 97.1 Å². The van der Waals surface area contributed by atoms with E-state index in [9.17, 15) is 0 Å². The van der Waals surface area contributed by atoms with Gasteiger partial charge in [-0.15, -0.1) is 42.4 Å².